The fraction of sp³-hybridized carbons (Fsp3) is 0.250. The van der Waals surface area contributed by atoms with Gasteiger partial charge in [-0.25, -0.2) is 4.98 Å². The van der Waals surface area contributed by atoms with E-state index in [2.05, 4.69) is 19.7 Å². The molecule has 0 aliphatic carbocycles. The topological polar surface area (TPSA) is 47.9 Å². The van der Waals surface area contributed by atoms with E-state index in [0.29, 0.717) is 0 Å². The molecular formula is C4H4ClN3O. The van der Waals surface area contributed by atoms with Crippen molar-refractivity contribution in [2.45, 2.75) is 0 Å². The lowest BCUT2D eigenvalue weighted by Gasteiger charge is -1.92. The van der Waals surface area contributed by atoms with Crippen LogP contribution in [0.25, 0.3) is 0 Å². The maximum Gasteiger partial charge on any atom is 0.320 e. The van der Waals surface area contributed by atoms with E-state index in [1.54, 1.807) is 0 Å². The highest BCUT2D eigenvalue weighted by molar-refractivity contribution is 6.28. The fourth-order valence-electron chi connectivity index (χ4n) is 0.361. The van der Waals surface area contributed by atoms with E-state index in [4.69, 9.17) is 11.6 Å². The molecule has 0 aliphatic rings. The summed E-state index contributed by atoms with van der Waals surface area (Å²) in [6, 6.07) is 0.231. The van der Waals surface area contributed by atoms with E-state index in [0.717, 1.165) is 0 Å². The molecule has 0 saturated carbocycles. The minimum Gasteiger partial charge on any atom is -0.467 e. The van der Waals surface area contributed by atoms with Crippen LogP contribution in [0.2, 0.25) is 5.28 Å². The maximum atomic E-state index is 5.38. The largest absolute Gasteiger partial charge is 0.467 e. The fourth-order valence-corrected chi connectivity index (χ4v) is 0.477. The highest BCUT2D eigenvalue weighted by atomic mass is 35.5. The van der Waals surface area contributed by atoms with Gasteiger partial charge in [0.2, 0.25) is 5.28 Å². The van der Waals surface area contributed by atoms with Crippen LogP contribution < -0.4 is 4.74 Å². The molecule has 1 aromatic heterocycles. The molecule has 0 amide bonds. The molecule has 48 valence electrons. The van der Waals surface area contributed by atoms with E-state index < -0.39 is 0 Å². The highest BCUT2D eigenvalue weighted by Gasteiger charge is 1.93. The maximum absolute atomic E-state index is 5.38. The lowest BCUT2D eigenvalue weighted by Crippen LogP contribution is -1.92. The molecule has 0 atom stereocenters. The van der Waals surface area contributed by atoms with E-state index in [9.17, 15) is 0 Å². The summed E-state index contributed by atoms with van der Waals surface area (Å²) >= 11 is 5.38. The predicted molar refractivity (Wildman–Crippen MR) is 31.4 cm³/mol. The Morgan fingerprint density at radius 3 is 2.78 bits per heavy atom. The monoisotopic (exact) mass is 145 g/mol. The Labute approximate surface area is 56.9 Å². The Hall–Kier alpha value is -0.900. The van der Waals surface area contributed by atoms with Gasteiger partial charge >= 0.3 is 6.01 Å². The van der Waals surface area contributed by atoms with Crippen LogP contribution >= 0.6 is 11.6 Å². The minimum absolute atomic E-state index is 0.141. The quantitative estimate of drug-likeness (QED) is 0.579. The molecule has 9 heavy (non-hydrogen) atoms. The van der Waals surface area contributed by atoms with Gasteiger partial charge in [-0.15, -0.1) is 0 Å². The van der Waals surface area contributed by atoms with Crippen molar-refractivity contribution in [1.29, 1.82) is 0 Å². The Morgan fingerprint density at radius 1 is 1.56 bits per heavy atom. The van der Waals surface area contributed by atoms with Gasteiger partial charge in [0.1, 0.15) is 6.33 Å². The van der Waals surface area contributed by atoms with Gasteiger partial charge in [0, 0.05) is 0 Å². The number of halogens is 1. The molecule has 0 bridgehead atoms. The van der Waals surface area contributed by atoms with Gasteiger partial charge in [-0.3, -0.25) is 0 Å². The van der Waals surface area contributed by atoms with Gasteiger partial charge in [0.25, 0.3) is 0 Å². The van der Waals surface area contributed by atoms with E-state index >= 15 is 0 Å². The second kappa shape index (κ2) is 2.59. The Morgan fingerprint density at radius 2 is 2.33 bits per heavy atom. The average molecular weight is 146 g/mol. The third-order valence-corrected chi connectivity index (χ3v) is 0.885. The van der Waals surface area contributed by atoms with Crippen LogP contribution in [0.1, 0.15) is 0 Å². The van der Waals surface area contributed by atoms with Crippen LogP contribution in [-0.4, -0.2) is 22.1 Å². The molecule has 1 aromatic rings. The van der Waals surface area contributed by atoms with Crippen molar-refractivity contribution in [2.75, 3.05) is 7.11 Å². The van der Waals surface area contributed by atoms with Crippen molar-refractivity contribution in [2.24, 2.45) is 0 Å². The zero-order valence-corrected chi connectivity index (χ0v) is 5.46. The zero-order valence-electron chi connectivity index (χ0n) is 4.71. The van der Waals surface area contributed by atoms with Crippen molar-refractivity contribution in [3.05, 3.63) is 11.6 Å². The Kier molecular flexibility index (Phi) is 1.79. The van der Waals surface area contributed by atoms with Crippen LogP contribution in [-0.2, 0) is 0 Å². The molecule has 0 fully saturated rings. The van der Waals surface area contributed by atoms with Crippen molar-refractivity contribution in [3.63, 3.8) is 0 Å². The minimum atomic E-state index is 0.141. The Bertz CT molecular complexity index is 205. The molecule has 1 rings (SSSR count). The molecule has 0 unspecified atom stereocenters. The normalized spacial score (nSPS) is 9.11. The highest BCUT2D eigenvalue weighted by Crippen LogP contribution is 2.02. The van der Waals surface area contributed by atoms with Gasteiger partial charge < -0.3 is 4.74 Å². The SMILES string of the molecule is COc1ncnc(Cl)n1. The molecule has 0 aromatic carbocycles. The molecule has 5 heteroatoms. The van der Waals surface area contributed by atoms with Crippen molar-refractivity contribution < 1.29 is 4.74 Å². The summed E-state index contributed by atoms with van der Waals surface area (Å²) in [5, 5.41) is 0.141. The molecule has 0 radical (unpaired) electrons. The molecule has 0 spiro atoms. The lowest BCUT2D eigenvalue weighted by molar-refractivity contribution is 0.378. The van der Waals surface area contributed by atoms with Crippen LogP contribution in [0.4, 0.5) is 0 Å². The lowest BCUT2D eigenvalue weighted by atomic mass is 11.0. The van der Waals surface area contributed by atoms with Crippen molar-refractivity contribution >= 4 is 11.6 Å². The number of nitrogens with zero attached hydrogens (tertiary/aromatic N) is 3. The summed E-state index contributed by atoms with van der Waals surface area (Å²) in [4.78, 5) is 10.8. The van der Waals surface area contributed by atoms with Crippen LogP contribution in [0.15, 0.2) is 6.33 Å². The molecule has 1 heterocycles. The number of rotatable bonds is 1. The van der Waals surface area contributed by atoms with Gasteiger partial charge in [0.15, 0.2) is 0 Å². The van der Waals surface area contributed by atoms with E-state index in [1.807, 2.05) is 0 Å². The van der Waals surface area contributed by atoms with E-state index in [-0.39, 0.29) is 11.3 Å². The van der Waals surface area contributed by atoms with Crippen molar-refractivity contribution in [1.82, 2.24) is 15.0 Å². The molecule has 0 N–H and O–H groups in total. The second-order valence-corrected chi connectivity index (χ2v) is 1.58. The molecule has 0 aliphatic heterocycles. The van der Waals surface area contributed by atoms with Gasteiger partial charge in [-0.05, 0) is 11.6 Å². The zero-order chi connectivity index (χ0) is 6.69. The second-order valence-electron chi connectivity index (χ2n) is 1.24. The van der Waals surface area contributed by atoms with Gasteiger partial charge in [0.05, 0.1) is 7.11 Å². The summed E-state index contributed by atoms with van der Waals surface area (Å²) < 4.78 is 4.65. The first-order chi connectivity index (χ1) is 4.33. The van der Waals surface area contributed by atoms with Crippen LogP contribution in [0, 0.1) is 0 Å². The van der Waals surface area contributed by atoms with Crippen molar-refractivity contribution in [3.8, 4) is 6.01 Å². The van der Waals surface area contributed by atoms with Crippen LogP contribution in [0.5, 0.6) is 6.01 Å². The smallest absolute Gasteiger partial charge is 0.320 e. The molecule has 0 saturated heterocycles. The summed E-state index contributed by atoms with van der Waals surface area (Å²) in [6.45, 7) is 0. The molecular weight excluding hydrogens is 142 g/mol. The number of hydrogen-bond donors (Lipinski definition) is 0. The predicted octanol–water partition coefficient (Wildman–Crippen LogP) is 0.534. The van der Waals surface area contributed by atoms with E-state index in [1.165, 1.54) is 13.4 Å². The number of methoxy groups -OCH3 is 1. The number of aromatic nitrogens is 3. The third-order valence-electron chi connectivity index (χ3n) is 0.703. The first kappa shape index (κ1) is 6.22. The Balaban J connectivity index is 2.94. The standard InChI is InChI=1S/C4H4ClN3O/c1-9-4-7-2-6-3(5)8-4/h2H,1H3. The first-order valence-electron chi connectivity index (χ1n) is 2.21. The van der Waals surface area contributed by atoms with Gasteiger partial charge in [-0.1, -0.05) is 0 Å². The summed E-state index contributed by atoms with van der Waals surface area (Å²) in [6.07, 6.45) is 1.29. The van der Waals surface area contributed by atoms with Crippen LogP contribution in [0.3, 0.4) is 0 Å². The number of ether oxygens (including phenoxy) is 1. The first-order valence-corrected chi connectivity index (χ1v) is 2.59. The average Bonchev–Trinajstić information content (AvgIpc) is 1.88. The summed E-state index contributed by atoms with van der Waals surface area (Å²) in [7, 11) is 1.46. The number of hydrogen-bond acceptors (Lipinski definition) is 4. The molecule has 4 nitrogen and oxygen atoms in total. The third kappa shape index (κ3) is 1.50. The summed E-state index contributed by atoms with van der Waals surface area (Å²) in [5.41, 5.74) is 0. The van der Waals surface area contributed by atoms with Gasteiger partial charge in [-0.2, -0.15) is 9.97 Å². The summed E-state index contributed by atoms with van der Waals surface area (Å²) in [5.74, 6) is 0.